The van der Waals surface area contributed by atoms with Gasteiger partial charge in [0.2, 0.25) is 0 Å². The Bertz CT molecular complexity index is 338. The number of phenols is 1. The number of aromatic hydroxyl groups is 1. The fourth-order valence-electron chi connectivity index (χ4n) is 1.23. The summed E-state index contributed by atoms with van der Waals surface area (Å²) in [6.07, 6.45) is 0.496. The van der Waals surface area contributed by atoms with Gasteiger partial charge in [-0.1, -0.05) is 15.9 Å². The van der Waals surface area contributed by atoms with Crippen molar-refractivity contribution in [3.63, 3.8) is 0 Å². The summed E-state index contributed by atoms with van der Waals surface area (Å²) in [4.78, 5) is 0. The van der Waals surface area contributed by atoms with Gasteiger partial charge in [0.05, 0.1) is 0 Å². The Hall–Kier alpha value is -0.360. The van der Waals surface area contributed by atoms with E-state index in [4.69, 9.17) is 11.5 Å². The molecule has 86 valence electrons. The number of benzene rings is 1. The van der Waals surface area contributed by atoms with Crippen LogP contribution >= 0.6 is 28.3 Å². The van der Waals surface area contributed by atoms with Crippen LogP contribution in [0, 0.1) is 5.82 Å². The SMILES string of the molecule is Cl.NCC[C@@H](N)c1c(Br)ccc(F)c1O. The molecule has 0 heterocycles. The largest absolute Gasteiger partial charge is 0.505 e. The standard InChI is InChI=1S/C9H12BrFN2O.ClH/c10-5-1-2-6(11)9(14)8(5)7(13)3-4-12;/h1-2,7,14H,3-4,12-13H2;1H/t7-;/m1./s1. The zero-order valence-electron chi connectivity index (χ0n) is 7.91. The lowest BCUT2D eigenvalue weighted by atomic mass is 10.0. The minimum Gasteiger partial charge on any atom is -0.505 e. The number of phenolic OH excluding ortho intramolecular Hbond substituents is 1. The van der Waals surface area contributed by atoms with E-state index in [2.05, 4.69) is 15.9 Å². The monoisotopic (exact) mass is 298 g/mol. The third-order valence-electron chi connectivity index (χ3n) is 1.96. The highest BCUT2D eigenvalue weighted by Crippen LogP contribution is 2.33. The second-order valence-corrected chi connectivity index (χ2v) is 3.83. The summed E-state index contributed by atoms with van der Waals surface area (Å²) in [5.41, 5.74) is 11.4. The van der Waals surface area contributed by atoms with Gasteiger partial charge in [0.15, 0.2) is 11.6 Å². The molecule has 15 heavy (non-hydrogen) atoms. The van der Waals surface area contributed by atoms with E-state index in [0.717, 1.165) is 0 Å². The summed E-state index contributed by atoms with van der Waals surface area (Å²) in [7, 11) is 0. The van der Waals surface area contributed by atoms with Crippen LogP contribution in [0.25, 0.3) is 0 Å². The Balaban J connectivity index is 0.00000196. The van der Waals surface area contributed by atoms with Crippen molar-refractivity contribution in [3.8, 4) is 5.75 Å². The predicted molar refractivity (Wildman–Crippen MR) is 63.6 cm³/mol. The van der Waals surface area contributed by atoms with Gasteiger partial charge in [-0.25, -0.2) is 4.39 Å². The van der Waals surface area contributed by atoms with E-state index in [0.29, 0.717) is 23.0 Å². The minimum atomic E-state index is -0.671. The third kappa shape index (κ3) is 3.31. The topological polar surface area (TPSA) is 72.3 Å². The van der Waals surface area contributed by atoms with E-state index >= 15 is 0 Å². The molecule has 1 atom stereocenters. The second kappa shape index (κ2) is 6.27. The van der Waals surface area contributed by atoms with Gasteiger partial charge in [0.25, 0.3) is 0 Å². The highest BCUT2D eigenvalue weighted by atomic mass is 79.9. The zero-order valence-corrected chi connectivity index (χ0v) is 10.3. The maximum Gasteiger partial charge on any atom is 0.165 e. The smallest absolute Gasteiger partial charge is 0.165 e. The zero-order chi connectivity index (χ0) is 10.7. The summed E-state index contributed by atoms with van der Waals surface area (Å²) >= 11 is 3.20. The Morgan fingerprint density at radius 3 is 2.60 bits per heavy atom. The number of hydrogen-bond acceptors (Lipinski definition) is 3. The molecule has 0 fully saturated rings. The maximum atomic E-state index is 13.0. The predicted octanol–water partition coefficient (Wildman–Crippen LogP) is 2.06. The van der Waals surface area contributed by atoms with Crippen LogP contribution in [0.1, 0.15) is 18.0 Å². The van der Waals surface area contributed by atoms with Crippen LogP contribution in [0.2, 0.25) is 0 Å². The molecule has 0 bridgehead atoms. The molecule has 1 aromatic rings. The average molecular weight is 300 g/mol. The Morgan fingerprint density at radius 1 is 1.47 bits per heavy atom. The van der Waals surface area contributed by atoms with Gasteiger partial charge < -0.3 is 16.6 Å². The van der Waals surface area contributed by atoms with Gasteiger partial charge in [-0.2, -0.15) is 0 Å². The van der Waals surface area contributed by atoms with Crippen molar-refractivity contribution in [1.29, 1.82) is 0 Å². The molecule has 6 heteroatoms. The molecule has 1 rings (SSSR count). The van der Waals surface area contributed by atoms with Crippen molar-refractivity contribution < 1.29 is 9.50 Å². The summed E-state index contributed by atoms with van der Waals surface area (Å²) < 4.78 is 13.6. The van der Waals surface area contributed by atoms with Crippen molar-refractivity contribution in [2.24, 2.45) is 11.5 Å². The van der Waals surface area contributed by atoms with Crippen molar-refractivity contribution >= 4 is 28.3 Å². The molecule has 0 aromatic heterocycles. The minimum absolute atomic E-state index is 0. The number of halogens is 3. The highest BCUT2D eigenvalue weighted by Gasteiger charge is 2.17. The molecule has 1 aromatic carbocycles. The second-order valence-electron chi connectivity index (χ2n) is 2.98. The molecule has 0 radical (unpaired) electrons. The van der Waals surface area contributed by atoms with E-state index < -0.39 is 17.6 Å². The molecule has 3 nitrogen and oxygen atoms in total. The van der Waals surface area contributed by atoms with Crippen LogP contribution in [0.3, 0.4) is 0 Å². The molecule has 0 aliphatic carbocycles. The van der Waals surface area contributed by atoms with E-state index in [1.807, 2.05) is 0 Å². The van der Waals surface area contributed by atoms with Gasteiger partial charge in [0.1, 0.15) is 0 Å². The molecular weight excluding hydrogens is 286 g/mol. The fraction of sp³-hybridized carbons (Fsp3) is 0.333. The molecule has 0 spiro atoms. The molecular formula is C9H13BrClFN2O. The van der Waals surface area contributed by atoms with E-state index in [1.165, 1.54) is 12.1 Å². The number of nitrogens with two attached hydrogens (primary N) is 2. The normalized spacial score (nSPS) is 12.0. The summed E-state index contributed by atoms with van der Waals surface area (Å²) in [6, 6.07) is 2.24. The lowest BCUT2D eigenvalue weighted by Gasteiger charge is -2.14. The molecule has 0 saturated heterocycles. The van der Waals surface area contributed by atoms with Gasteiger partial charge in [-0.3, -0.25) is 0 Å². The Kier molecular flexibility index (Phi) is 6.12. The van der Waals surface area contributed by atoms with Gasteiger partial charge in [-0.15, -0.1) is 12.4 Å². The first kappa shape index (κ1) is 14.6. The van der Waals surface area contributed by atoms with Crippen LogP contribution in [0.4, 0.5) is 4.39 Å². The molecule has 0 aliphatic heterocycles. The van der Waals surface area contributed by atoms with Crippen molar-refractivity contribution in [3.05, 3.63) is 28.0 Å². The first-order valence-electron chi connectivity index (χ1n) is 4.20. The average Bonchev–Trinajstić information content (AvgIpc) is 2.13. The van der Waals surface area contributed by atoms with E-state index in [1.54, 1.807) is 0 Å². The van der Waals surface area contributed by atoms with Crippen LogP contribution in [0.15, 0.2) is 16.6 Å². The molecule has 5 N–H and O–H groups in total. The van der Waals surface area contributed by atoms with Crippen molar-refractivity contribution in [2.75, 3.05) is 6.54 Å². The van der Waals surface area contributed by atoms with Crippen LogP contribution in [0.5, 0.6) is 5.75 Å². The molecule has 0 aliphatic rings. The third-order valence-corrected chi connectivity index (χ3v) is 2.65. The van der Waals surface area contributed by atoms with Gasteiger partial charge in [0, 0.05) is 16.1 Å². The Morgan fingerprint density at radius 2 is 2.07 bits per heavy atom. The van der Waals surface area contributed by atoms with Crippen molar-refractivity contribution in [2.45, 2.75) is 12.5 Å². The Labute approximate surface area is 102 Å². The van der Waals surface area contributed by atoms with Crippen LogP contribution < -0.4 is 11.5 Å². The highest BCUT2D eigenvalue weighted by molar-refractivity contribution is 9.10. The summed E-state index contributed by atoms with van der Waals surface area (Å²) in [6.45, 7) is 0.392. The summed E-state index contributed by atoms with van der Waals surface area (Å²) in [5, 5.41) is 9.45. The van der Waals surface area contributed by atoms with Crippen LogP contribution in [-0.4, -0.2) is 11.7 Å². The molecule has 0 saturated carbocycles. The molecule has 0 unspecified atom stereocenters. The van der Waals surface area contributed by atoms with E-state index in [-0.39, 0.29) is 12.4 Å². The quantitative estimate of drug-likeness (QED) is 0.800. The lowest BCUT2D eigenvalue weighted by Crippen LogP contribution is -2.16. The van der Waals surface area contributed by atoms with Gasteiger partial charge >= 0.3 is 0 Å². The van der Waals surface area contributed by atoms with E-state index in [9.17, 15) is 9.50 Å². The van der Waals surface area contributed by atoms with Crippen molar-refractivity contribution in [1.82, 2.24) is 0 Å². The fourth-order valence-corrected chi connectivity index (χ4v) is 1.85. The number of hydrogen-bond donors (Lipinski definition) is 3. The lowest BCUT2D eigenvalue weighted by molar-refractivity contribution is 0.418. The van der Waals surface area contributed by atoms with Gasteiger partial charge in [-0.05, 0) is 25.1 Å². The summed E-state index contributed by atoms with van der Waals surface area (Å²) in [5.74, 6) is -1.07. The number of rotatable bonds is 3. The first-order chi connectivity index (χ1) is 6.57. The molecule has 0 amide bonds. The maximum absolute atomic E-state index is 13.0. The first-order valence-corrected chi connectivity index (χ1v) is 4.99. The van der Waals surface area contributed by atoms with Crippen LogP contribution in [-0.2, 0) is 0 Å².